The van der Waals surface area contributed by atoms with E-state index in [9.17, 15) is 4.39 Å². The van der Waals surface area contributed by atoms with Crippen LogP contribution in [-0.2, 0) is 10.5 Å². The number of amidine groups is 1. The summed E-state index contributed by atoms with van der Waals surface area (Å²) in [5, 5.41) is 11.9. The Labute approximate surface area is 115 Å². The number of halogens is 1. The smallest absolute Gasteiger partial charge is 0.170 e. The maximum absolute atomic E-state index is 13.9. The number of benzene rings is 1. The van der Waals surface area contributed by atoms with E-state index in [1.807, 2.05) is 0 Å². The van der Waals surface area contributed by atoms with Gasteiger partial charge < -0.3 is 15.7 Å². The molecule has 1 aliphatic heterocycles. The molecule has 0 aliphatic carbocycles. The minimum atomic E-state index is -0.316. The molecule has 1 heterocycles. The summed E-state index contributed by atoms with van der Waals surface area (Å²) < 4.78 is 19.2. The summed E-state index contributed by atoms with van der Waals surface area (Å²) in [5.41, 5.74) is 6.45. The van der Waals surface area contributed by atoms with Gasteiger partial charge in [0, 0.05) is 29.8 Å². The second kappa shape index (κ2) is 6.77. The molecule has 3 N–H and O–H groups in total. The molecule has 0 saturated carbocycles. The zero-order valence-corrected chi connectivity index (χ0v) is 11.3. The molecule has 1 fully saturated rings. The molecule has 1 saturated heterocycles. The summed E-state index contributed by atoms with van der Waals surface area (Å²) in [7, 11) is 0. The standard InChI is InChI=1S/C13H17FN2O2S/c14-12-7-9(13(15)16-17)1-2-10(12)8-19-11-3-5-18-6-4-11/h1-2,7,11,17H,3-6,8H2,(H2,15,16). The molecule has 1 aliphatic rings. The lowest BCUT2D eigenvalue weighted by atomic mass is 10.1. The van der Waals surface area contributed by atoms with E-state index in [1.54, 1.807) is 23.9 Å². The largest absolute Gasteiger partial charge is 0.409 e. The second-order valence-corrected chi connectivity index (χ2v) is 5.70. The Balaban J connectivity index is 1.97. The van der Waals surface area contributed by atoms with Crippen molar-refractivity contribution >= 4 is 17.6 Å². The van der Waals surface area contributed by atoms with E-state index < -0.39 is 0 Å². The van der Waals surface area contributed by atoms with Crippen LogP contribution in [0, 0.1) is 5.82 Å². The van der Waals surface area contributed by atoms with Gasteiger partial charge in [0.2, 0.25) is 0 Å². The molecule has 0 atom stereocenters. The van der Waals surface area contributed by atoms with Gasteiger partial charge >= 0.3 is 0 Å². The molecule has 0 bridgehead atoms. The van der Waals surface area contributed by atoms with E-state index in [2.05, 4.69) is 5.16 Å². The molecule has 1 aromatic carbocycles. The number of hydrogen-bond donors (Lipinski definition) is 2. The quantitative estimate of drug-likeness (QED) is 0.385. The van der Waals surface area contributed by atoms with Crippen LogP contribution in [0.3, 0.4) is 0 Å². The first kappa shape index (κ1) is 14.1. The molecule has 0 amide bonds. The van der Waals surface area contributed by atoms with E-state index in [1.165, 1.54) is 6.07 Å². The van der Waals surface area contributed by atoms with Gasteiger partial charge in [-0.05, 0) is 24.5 Å². The third-order valence-corrected chi connectivity index (χ3v) is 4.52. The first-order chi connectivity index (χ1) is 9.20. The molecule has 19 heavy (non-hydrogen) atoms. The van der Waals surface area contributed by atoms with Crippen LogP contribution in [0.4, 0.5) is 4.39 Å². The van der Waals surface area contributed by atoms with Crippen LogP contribution in [-0.4, -0.2) is 29.5 Å². The molecule has 104 valence electrons. The van der Waals surface area contributed by atoms with Gasteiger partial charge in [-0.1, -0.05) is 17.3 Å². The van der Waals surface area contributed by atoms with Gasteiger partial charge in [0.05, 0.1) is 0 Å². The fraction of sp³-hybridized carbons (Fsp3) is 0.462. The van der Waals surface area contributed by atoms with Crippen LogP contribution in [0.2, 0.25) is 0 Å². The third-order valence-electron chi connectivity index (χ3n) is 3.10. The van der Waals surface area contributed by atoms with Crippen molar-refractivity contribution in [3.63, 3.8) is 0 Å². The number of rotatable bonds is 4. The summed E-state index contributed by atoms with van der Waals surface area (Å²) in [6.45, 7) is 1.59. The lowest BCUT2D eigenvalue weighted by Gasteiger charge is -2.21. The van der Waals surface area contributed by atoms with Gasteiger partial charge in [0.1, 0.15) is 5.82 Å². The van der Waals surface area contributed by atoms with E-state index in [0.717, 1.165) is 26.1 Å². The maximum Gasteiger partial charge on any atom is 0.170 e. The number of oxime groups is 1. The SMILES string of the molecule is NC(=NO)c1ccc(CSC2CCOCC2)c(F)c1. The highest BCUT2D eigenvalue weighted by molar-refractivity contribution is 7.99. The maximum atomic E-state index is 13.9. The van der Waals surface area contributed by atoms with Crippen LogP contribution >= 0.6 is 11.8 Å². The fourth-order valence-corrected chi connectivity index (χ4v) is 3.11. The Bertz CT molecular complexity index is 462. The zero-order chi connectivity index (χ0) is 13.7. The second-order valence-electron chi connectivity index (χ2n) is 4.41. The van der Waals surface area contributed by atoms with Crippen LogP contribution < -0.4 is 5.73 Å². The van der Waals surface area contributed by atoms with Gasteiger partial charge in [-0.3, -0.25) is 0 Å². The van der Waals surface area contributed by atoms with Gasteiger partial charge in [-0.2, -0.15) is 11.8 Å². The van der Waals surface area contributed by atoms with Crippen molar-refractivity contribution in [1.82, 2.24) is 0 Å². The first-order valence-corrected chi connectivity index (χ1v) is 7.21. The van der Waals surface area contributed by atoms with Crippen LogP contribution in [0.15, 0.2) is 23.4 Å². The lowest BCUT2D eigenvalue weighted by molar-refractivity contribution is 0.1000. The number of ether oxygens (including phenoxy) is 1. The zero-order valence-electron chi connectivity index (χ0n) is 10.5. The monoisotopic (exact) mass is 284 g/mol. The number of nitrogens with zero attached hydrogens (tertiary/aromatic N) is 1. The fourth-order valence-electron chi connectivity index (χ4n) is 1.93. The average molecular weight is 284 g/mol. The predicted octanol–water partition coefficient (Wildman–Crippen LogP) is 2.33. The van der Waals surface area contributed by atoms with Crippen molar-refractivity contribution in [1.29, 1.82) is 0 Å². The third kappa shape index (κ3) is 3.84. The van der Waals surface area contributed by atoms with E-state index in [0.29, 0.717) is 22.1 Å². The Morgan fingerprint density at radius 3 is 2.84 bits per heavy atom. The van der Waals surface area contributed by atoms with Crippen molar-refractivity contribution in [2.24, 2.45) is 10.9 Å². The first-order valence-electron chi connectivity index (χ1n) is 6.16. The highest BCUT2D eigenvalue weighted by Crippen LogP contribution is 2.26. The predicted molar refractivity (Wildman–Crippen MR) is 74.0 cm³/mol. The number of hydrogen-bond acceptors (Lipinski definition) is 4. The van der Waals surface area contributed by atoms with E-state index in [-0.39, 0.29) is 11.7 Å². The van der Waals surface area contributed by atoms with Crippen molar-refractivity contribution in [2.75, 3.05) is 13.2 Å². The van der Waals surface area contributed by atoms with Crippen LogP contribution in [0.5, 0.6) is 0 Å². The van der Waals surface area contributed by atoms with Crippen molar-refractivity contribution in [3.05, 3.63) is 35.1 Å². The highest BCUT2D eigenvalue weighted by atomic mass is 32.2. The van der Waals surface area contributed by atoms with Crippen LogP contribution in [0.25, 0.3) is 0 Å². The van der Waals surface area contributed by atoms with Gasteiger partial charge in [0.25, 0.3) is 0 Å². The Hall–Kier alpha value is -1.27. The van der Waals surface area contributed by atoms with Gasteiger partial charge in [-0.15, -0.1) is 0 Å². The Kier molecular flexibility index (Phi) is 5.04. The number of thioether (sulfide) groups is 1. The topological polar surface area (TPSA) is 67.8 Å². The summed E-state index contributed by atoms with van der Waals surface area (Å²) in [4.78, 5) is 0. The molecular weight excluding hydrogens is 267 g/mol. The van der Waals surface area contributed by atoms with Crippen molar-refractivity contribution in [2.45, 2.75) is 23.8 Å². The van der Waals surface area contributed by atoms with E-state index in [4.69, 9.17) is 15.7 Å². The summed E-state index contributed by atoms with van der Waals surface area (Å²) in [6.07, 6.45) is 2.04. The molecule has 0 spiro atoms. The molecule has 6 heteroatoms. The molecule has 0 unspecified atom stereocenters. The molecular formula is C13H17FN2O2S. The highest BCUT2D eigenvalue weighted by Gasteiger charge is 2.15. The molecule has 0 radical (unpaired) electrons. The van der Waals surface area contributed by atoms with Gasteiger partial charge in [0.15, 0.2) is 5.84 Å². The Morgan fingerprint density at radius 1 is 1.47 bits per heavy atom. The average Bonchev–Trinajstić information content (AvgIpc) is 2.46. The molecule has 4 nitrogen and oxygen atoms in total. The summed E-state index contributed by atoms with van der Waals surface area (Å²) in [5.74, 6) is 0.235. The lowest BCUT2D eigenvalue weighted by Crippen LogP contribution is -2.17. The molecule has 2 rings (SSSR count). The summed E-state index contributed by atoms with van der Waals surface area (Å²) >= 11 is 1.75. The van der Waals surface area contributed by atoms with E-state index >= 15 is 0 Å². The summed E-state index contributed by atoms with van der Waals surface area (Å²) in [6, 6.07) is 4.65. The minimum absolute atomic E-state index is 0.0810. The molecule has 1 aromatic rings. The van der Waals surface area contributed by atoms with Crippen molar-refractivity contribution < 1.29 is 14.3 Å². The number of nitrogens with two attached hydrogens (primary N) is 1. The van der Waals surface area contributed by atoms with Gasteiger partial charge in [-0.25, -0.2) is 4.39 Å². The van der Waals surface area contributed by atoms with Crippen molar-refractivity contribution in [3.8, 4) is 0 Å². The molecule has 0 aromatic heterocycles. The normalized spacial score (nSPS) is 17.6. The Morgan fingerprint density at radius 2 is 2.21 bits per heavy atom. The van der Waals surface area contributed by atoms with Crippen LogP contribution in [0.1, 0.15) is 24.0 Å². The minimum Gasteiger partial charge on any atom is -0.409 e.